The van der Waals surface area contributed by atoms with Crippen LogP contribution in [0.15, 0.2) is 30.5 Å². The van der Waals surface area contributed by atoms with E-state index in [9.17, 15) is 9.59 Å². The van der Waals surface area contributed by atoms with Gasteiger partial charge < -0.3 is 19.3 Å². The molecule has 2 aliphatic heterocycles. The van der Waals surface area contributed by atoms with Crippen molar-refractivity contribution in [3.8, 4) is 5.75 Å². The molecule has 0 saturated carbocycles. The summed E-state index contributed by atoms with van der Waals surface area (Å²) in [6.07, 6.45) is 3.32. The highest BCUT2D eigenvalue weighted by Gasteiger charge is 2.40. The Kier molecular flexibility index (Phi) is 7.68. The molecule has 4 rings (SSSR count). The van der Waals surface area contributed by atoms with Crippen LogP contribution in [0.5, 0.6) is 5.75 Å². The number of amides is 2. The standard InChI is InChI=1S/C25H31ClN4O4/c1-18-22(16-27-19(2)28-18)24(32)30-8-6-25(7-9-30,15-23(31)29-10-12-33-13-11-29)17-34-21-5-3-4-20(26)14-21/h3-5,14,16H,6-13,15,17H2,1-2H3. The summed E-state index contributed by atoms with van der Waals surface area (Å²) >= 11 is 6.11. The smallest absolute Gasteiger partial charge is 0.257 e. The summed E-state index contributed by atoms with van der Waals surface area (Å²) in [7, 11) is 0. The Labute approximate surface area is 205 Å². The number of halogens is 1. The number of ether oxygens (including phenoxy) is 2. The maximum absolute atomic E-state index is 13.1. The lowest BCUT2D eigenvalue weighted by molar-refractivity contribution is -0.139. The van der Waals surface area contributed by atoms with Gasteiger partial charge in [-0.3, -0.25) is 9.59 Å². The molecule has 0 unspecified atom stereocenters. The van der Waals surface area contributed by atoms with Gasteiger partial charge in [-0.15, -0.1) is 0 Å². The lowest BCUT2D eigenvalue weighted by atomic mass is 9.75. The molecule has 2 amide bonds. The molecule has 0 spiro atoms. The Hall–Kier alpha value is -2.71. The Morgan fingerprint density at radius 2 is 1.85 bits per heavy atom. The van der Waals surface area contributed by atoms with Crippen molar-refractivity contribution < 1.29 is 19.1 Å². The number of carbonyl (C=O) groups is 2. The van der Waals surface area contributed by atoms with Gasteiger partial charge in [0.25, 0.3) is 5.91 Å². The molecule has 2 saturated heterocycles. The fourth-order valence-corrected chi connectivity index (χ4v) is 4.74. The van der Waals surface area contributed by atoms with Gasteiger partial charge in [-0.1, -0.05) is 17.7 Å². The monoisotopic (exact) mass is 486 g/mol. The Morgan fingerprint density at radius 3 is 2.53 bits per heavy atom. The average molecular weight is 487 g/mol. The zero-order chi connectivity index (χ0) is 24.1. The molecule has 2 aliphatic rings. The van der Waals surface area contributed by atoms with Crippen molar-refractivity contribution >= 4 is 23.4 Å². The third-order valence-corrected chi connectivity index (χ3v) is 6.91. The van der Waals surface area contributed by atoms with Gasteiger partial charge in [-0.25, -0.2) is 9.97 Å². The van der Waals surface area contributed by atoms with Crippen molar-refractivity contribution in [1.29, 1.82) is 0 Å². The van der Waals surface area contributed by atoms with Crippen LogP contribution in [0.3, 0.4) is 0 Å². The van der Waals surface area contributed by atoms with Crippen molar-refractivity contribution in [2.24, 2.45) is 5.41 Å². The molecule has 0 aliphatic carbocycles. The molecule has 182 valence electrons. The zero-order valence-electron chi connectivity index (χ0n) is 19.8. The van der Waals surface area contributed by atoms with E-state index in [4.69, 9.17) is 21.1 Å². The van der Waals surface area contributed by atoms with E-state index in [1.165, 1.54) is 0 Å². The number of carbonyl (C=O) groups excluding carboxylic acids is 2. The Balaban J connectivity index is 1.46. The topological polar surface area (TPSA) is 84.9 Å². The molecule has 0 N–H and O–H groups in total. The highest BCUT2D eigenvalue weighted by atomic mass is 35.5. The van der Waals surface area contributed by atoms with Crippen LogP contribution in [0.25, 0.3) is 0 Å². The van der Waals surface area contributed by atoms with E-state index < -0.39 is 0 Å². The maximum atomic E-state index is 13.1. The van der Waals surface area contributed by atoms with Crippen LogP contribution in [0.1, 0.15) is 41.1 Å². The first-order valence-electron chi connectivity index (χ1n) is 11.7. The molecular weight excluding hydrogens is 456 g/mol. The van der Waals surface area contributed by atoms with E-state index in [2.05, 4.69) is 9.97 Å². The summed E-state index contributed by atoms with van der Waals surface area (Å²) in [5.74, 6) is 1.37. The summed E-state index contributed by atoms with van der Waals surface area (Å²) in [4.78, 5) is 38.5. The number of rotatable bonds is 6. The first kappa shape index (κ1) is 24.4. The fraction of sp³-hybridized carbons (Fsp3) is 0.520. The molecule has 1 aromatic heterocycles. The molecule has 2 aromatic rings. The van der Waals surface area contributed by atoms with Crippen molar-refractivity contribution in [2.45, 2.75) is 33.1 Å². The minimum atomic E-state index is -0.368. The number of piperidine rings is 1. The normalized spacial score (nSPS) is 18.0. The Bertz CT molecular complexity index is 1030. The largest absolute Gasteiger partial charge is 0.493 e. The van der Waals surface area contributed by atoms with Crippen LogP contribution < -0.4 is 4.74 Å². The fourth-order valence-electron chi connectivity index (χ4n) is 4.56. The van der Waals surface area contributed by atoms with Crippen LogP contribution in [0.2, 0.25) is 5.02 Å². The van der Waals surface area contributed by atoms with Gasteiger partial charge in [0.15, 0.2) is 0 Å². The van der Waals surface area contributed by atoms with E-state index in [0.29, 0.717) is 93.1 Å². The lowest BCUT2D eigenvalue weighted by Crippen LogP contribution is -2.49. The van der Waals surface area contributed by atoms with Gasteiger partial charge in [0.1, 0.15) is 11.6 Å². The Morgan fingerprint density at radius 1 is 1.12 bits per heavy atom. The predicted molar refractivity (Wildman–Crippen MR) is 128 cm³/mol. The van der Waals surface area contributed by atoms with E-state index >= 15 is 0 Å². The summed E-state index contributed by atoms with van der Waals surface area (Å²) in [5, 5.41) is 0.604. The predicted octanol–water partition coefficient (Wildman–Crippen LogP) is 3.30. The summed E-state index contributed by atoms with van der Waals surface area (Å²) < 4.78 is 11.5. The van der Waals surface area contributed by atoms with Gasteiger partial charge in [-0.05, 0) is 44.9 Å². The van der Waals surface area contributed by atoms with Crippen LogP contribution in [-0.2, 0) is 9.53 Å². The summed E-state index contributed by atoms with van der Waals surface area (Å²) in [6, 6.07) is 7.28. The quantitative estimate of drug-likeness (QED) is 0.623. The van der Waals surface area contributed by atoms with Crippen molar-refractivity contribution in [2.75, 3.05) is 46.0 Å². The molecular formula is C25H31ClN4O4. The molecule has 3 heterocycles. The van der Waals surface area contributed by atoms with Gasteiger partial charge in [-0.2, -0.15) is 0 Å². The van der Waals surface area contributed by atoms with Gasteiger partial charge in [0.2, 0.25) is 5.91 Å². The number of likely N-dealkylation sites (tertiary alicyclic amines) is 1. The number of aromatic nitrogens is 2. The zero-order valence-corrected chi connectivity index (χ0v) is 20.5. The van der Waals surface area contributed by atoms with Crippen LogP contribution in [0.4, 0.5) is 0 Å². The van der Waals surface area contributed by atoms with E-state index in [1.54, 1.807) is 18.3 Å². The first-order valence-corrected chi connectivity index (χ1v) is 12.1. The third kappa shape index (κ3) is 5.85. The van der Waals surface area contributed by atoms with Gasteiger partial charge in [0, 0.05) is 49.2 Å². The molecule has 0 bridgehead atoms. The highest BCUT2D eigenvalue weighted by Crippen LogP contribution is 2.37. The third-order valence-electron chi connectivity index (χ3n) is 6.67. The second-order valence-corrected chi connectivity index (χ2v) is 9.56. The van der Waals surface area contributed by atoms with Crippen LogP contribution in [0, 0.1) is 19.3 Å². The first-order chi connectivity index (χ1) is 16.3. The minimum Gasteiger partial charge on any atom is -0.493 e. The maximum Gasteiger partial charge on any atom is 0.257 e. The molecule has 1 aromatic carbocycles. The molecule has 2 fully saturated rings. The SMILES string of the molecule is Cc1ncc(C(=O)N2CCC(COc3cccc(Cl)c3)(CC(=O)N3CCOCC3)CC2)c(C)n1. The van der Waals surface area contributed by atoms with E-state index in [0.717, 1.165) is 0 Å². The van der Waals surface area contributed by atoms with Crippen molar-refractivity contribution in [1.82, 2.24) is 19.8 Å². The van der Waals surface area contributed by atoms with Gasteiger partial charge >= 0.3 is 0 Å². The average Bonchev–Trinajstić information content (AvgIpc) is 2.84. The second-order valence-electron chi connectivity index (χ2n) is 9.12. The number of hydrogen-bond acceptors (Lipinski definition) is 6. The number of benzene rings is 1. The number of nitrogens with zero attached hydrogens (tertiary/aromatic N) is 4. The van der Waals surface area contributed by atoms with E-state index in [-0.39, 0.29) is 17.2 Å². The molecule has 0 atom stereocenters. The number of hydrogen-bond donors (Lipinski definition) is 0. The van der Waals surface area contributed by atoms with Crippen molar-refractivity contribution in [3.63, 3.8) is 0 Å². The highest BCUT2D eigenvalue weighted by molar-refractivity contribution is 6.30. The molecule has 34 heavy (non-hydrogen) atoms. The van der Waals surface area contributed by atoms with E-state index in [1.807, 2.05) is 35.8 Å². The minimum absolute atomic E-state index is 0.0682. The second kappa shape index (κ2) is 10.7. The van der Waals surface area contributed by atoms with Crippen molar-refractivity contribution in [3.05, 3.63) is 52.6 Å². The molecule has 9 heteroatoms. The van der Waals surface area contributed by atoms with Crippen LogP contribution in [-0.4, -0.2) is 77.6 Å². The summed E-state index contributed by atoms with van der Waals surface area (Å²) in [6.45, 7) is 7.47. The molecule has 8 nitrogen and oxygen atoms in total. The molecule has 0 radical (unpaired) electrons. The summed E-state index contributed by atoms with van der Waals surface area (Å²) in [5.41, 5.74) is 0.839. The van der Waals surface area contributed by atoms with Gasteiger partial charge in [0.05, 0.1) is 31.1 Å². The number of aryl methyl sites for hydroxylation is 2. The number of morpholine rings is 1. The van der Waals surface area contributed by atoms with Crippen LogP contribution >= 0.6 is 11.6 Å². The lowest BCUT2D eigenvalue weighted by Gasteiger charge is -2.42.